The van der Waals surface area contributed by atoms with Crippen LogP contribution in [0.15, 0.2) is 23.8 Å². The maximum atomic E-state index is 13.4. The van der Waals surface area contributed by atoms with Gasteiger partial charge in [0.2, 0.25) is 0 Å². The average Bonchev–Trinajstić information content (AvgIpc) is 2.97. The number of rotatable bonds is 9. The first-order chi connectivity index (χ1) is 20.7. The molecule has 1 saturated heterocycles. The smallest absolute Gasteiger partial charge is 0.308 e. The van der Waals surface area contributed by atoms with E-state index < -0.39 is 36.5 Å². The zero-order valence-corrected chi connectivity index (χ0v) is 29.1. The Morgan fingerprint density at radius 3 is 2.25 bits per heavy atom. The summed E-state index contributed by atoms with van der Waals surface area (Å²) in [5.74, 6) is -1.41. The molecule has 2 aliphatic heterocycles. The van der Waals surface area contributed by atoms with Crippen molar-refractivity contribution in [1.82, 2.24) is 9.80 Å². The minimum Gasteiger partial charge on any atom is -0.462 e. The topological polar surface area (TPSA) is 109 Å². The Balaban J connectivity index is 2.56. The number of ketones is 1. The first-order valence-electron chi connectivity index (χ1n) is 16.9. The van der Waals surface area contributed by atoms with E-state index in [1.54, 1.807) is 6.08 Å². The molecule has 9 heteroatoms. The van der Waals surface area contributed by atoms with Gasteiger partial charge in [0.25, 0.3) is 0 Å². The van der Waals surface area contributed by atoms with Crippen molar-refractivity contribution >= 4 is 11.8 Å². The van der Waals surface area contributed by atoms with E-state index in [1.807, 2.05) is 72.7 Å². The molecule has 9 nitrogen and oxygen atoms in total. The lowest BCUT2D eigenvalue weighted by Gasteiger charge is -2.44. The molecule has 44 heavy (non-hydrogen) atoms. The number of carbonyl (C=O) groups excluding carboxylic acids is 2. The Hall–Kier alpha value is -1.62. The van der Waals surface area contributed by atoms with Gasteiger partial charge in [-0.2, -0.15) is 0 Å². The molecule has 0 saturated carbocycles. The van der Waals surface area contributed by atoms with Gasteiger partial charge in [-0.05, 0) is 85.3 Å². The zero-order chi connectivity index (χ0) is 33.1. The van der Waals surface area contributed by atoms with Gasteiger partial charge in [0.15, 0.2) is 12.1 Å². The first kappa shape index (κ1) is 38.6. The number of aliphatic hydroxyl groups excluding tert-OH is 2. The first-order valence-corrected chi connectivity index (χ1v) is 16.9. The molecule has 2 heterocycles. The molecule has 2 rings (SSSR count). The number of aliphatic hydroxyl groups is 2. The number of likely N-dealkylation sites (N-methyl/N-ethyl adjacent to an activating group) is 1. The number of nitrogens with zero attached hydrogens (tertiary/aromatic N) is 2. The molecular formula is C35H62N2O7. The van der Waals surface area contributed by atoms with Crippen LogP contribution in [0, 0.1) is 23.7 Å². The van der Waals surface area contributed by atoms with E-state index in [0.717, 1.165) is 31.6 Å². The Labute approximate surface area is 267 Å². The summed E-state index contributed by atoms with van der Waals surface area (Å²) in [6.07, 6.45) is 3.95. The summed E-state index contributed by atoms with van der Waals surface area (Å²) in [5, 5.41) is 22.8. The highest BCUT2D eigenvalue weighted by Gasteiger charge is 2.43. The second kappa shape index (κ2) is 18.5. The summed E-state index contributed by atoms with van der Waals surface area (Å²) in [6.45, 7) is 18.5. The second-order valence-electron chi connectivity index (χ2n) is 13.5. The lowest BCUT2D eigenvalue weighted by molar-refractivity contribution is -0.283. The predicted molar refractivity (Wildman–Crippen MR) is 174 cm³/mol. The number of esters is 1. The van der Waals surface area contributed by atoms with Crippen LogP contribution in [0.3, 0.4) is 0 Å². The Morgan fingerprint density at radius 2 is 1.66 bits per heavy atom. The molecule has 0 radical (unpaired) electrons. The zero-order valence-electron chi connectivity index (χ0n) is 29.1. The molecule has 1 fully saturated rings. The van der Waals surface area contributed by atoms with Gasteiger partial charge in [-0.1, -0.05) is 59.3 Å². The predicted octanol–water partition coefficient (Wildman–Crippen LogP) is 4.60. The van der Waals surface area contributed by atoms with E-state index >= 15 is 0 Å². The third-order valence-corrected chi connectivity index (χ3v) is 9.69. The second-order valence-corrected chi connectivity index (χ2v) is 13.5. The highest BCUT2D eigenvalue weighted by atomic mass is 16.7. The summed E-state index contributed by atoms with van der Waals surface area (Å²) in [5.41, 5.74) is 0.931. The average molecular weight is 623 g/mol. The van der Waals surface area contributed by atoms with E-state index in [9.17, 15) is 19.8 Å². The fourth-order valence-corrected chi connectivity index (χ4v) is 6.66. The van der Waals surface area contributed by atoms with Gasteiger partial charge >= 0.3 is 5.97 Å². The fraction of sp³-hybridized carbons (Fsp3) is 0.829. The number of ether oxygens (including phenoxy) is 3. The van der Waals surface area contributed by atoms with E-state index in [4.69, 9.17) is 14.2 Å². The minimum absolute atomic E-state index is 0.0333. The van der Waals surface area contributed by atoms with Gasteiger partial charge in [-0.3, -0.25) is 9.59 Å². The molecule has 0 bridgehead atoms. The largest absolute Gasteiger partial charge is 0.462 e. The molecule has 0 spiro atoms. The van der Waals surface area contributed by atoms with Crippen molar-refractivity contribution in [2.45, 2.75) is 130 Å². The Morgan fingerprint density at radius 1 is 1.00 bits per heavy atom. The quantitative estimate of drug-likeness (QED) is 0.357. The van der Waals surface area contributed by atoms with Crippen molar-refractivity contribution in [3.8, 4) is 0 Å². The molecule has 0 amide bonds. The van der Waals surface area contributed by atoms with Crippen LogP contribution in [0.4, 0.5) is 0 Å². The van der Waals surface area contributed by atoms with Crippen molar-refractivity contribution in [2.24, 2.45) is 23.7 Å². The van der Waals surface area contributed by atoms with Gasteiger partial charge in [0.1, 0.15) is 12.2 Å². The highest BCUT2D eigenvalue weighted by Crippen LogP contribution is 2.34. The molecule has 0 aromatic rings. The molecule has 254 valence electrons. The maximum absolute atomic E-state index is 13.4. The molecule has 0 aliphatic carbocycles. The van der Waals surface area contributed by atoms with E-state index in [0.29, 0.717) is 19.3 Å². The minimum atomic E-state index is -1.05. The number of hydrogen-bond acceptors (Lipinski definition) is 9. The van der Waals surface area contributed by atoms with Crippen molar-refractivity contribution in [3.05, 3.63) is 23.8 Å². The third-order valence-electron chi connectivity index (χ3n) is 9.69. The standard InChI is InChI=1S/C35H62N2O7/c1-11-31-24(6)18-22(4)14-15-29(38)23(5)19-27(16-17-37(12-2)13-3)34(26(8)30(39)21-32(40)43-31)44-35-33(41)28(36(9)10)20-25(7)42-35/h14-15,18,23-28,30-31,33-35,39,41H,11-13,16-17,19-21H2,1-10H3/b15-14+,22-18+/t23-,24+,25-,26+,27+,28+,30?,31-,33-,34-,35+/m1/s1. The number of carbonyl (C=O) groups is 2. The third kappa shape index (κ3) is 11.3. The normalized spacial score (nSPS) is 38.8. The molecule has 11 atom stereocenters. The summed E-state index contributed by atoms with van der Waals surface area (Å²) in [6, 6.07) is -0.158. The lowest BCUT2D eigenvalue weighted by Crippen LogP contribution is -2.56. The van der Waals surface area contributed by atoms with Crippen molar-refractivity contribution < 1.29 is 34.0 Å². The summed E-state index contributed by atoms with van der Waals surface area (Å²) < 4.78 is 18.8. The summed E-state index contributed by atoms with van der Waals surface area (Å²) in [4.78, 5) is 30.8. The molecular weight excluding hydrogens is 560 g/mol. The van der Waals surface area contributed by atoms with Crippen LogP contribution < -0.4 is 0 Å². The molecule has 2 aliphatic rings. The molecule has 2 N–H and O–H groups in total. The van der Waals surface area contributed by atoms with Crippen LogP contribution in [-0.4, -0.2) is 108 Å². The number of cyclic esters (lactones) is 1. The fourth-order valence-electron chi connectivity index (χ4n) is 6.66. The van der Waals surface area contributed by atoms with Crippen LogP contribution in [0.2, 0.25) is 0 Å². The monoisotopic (exact) mass is 622 g/mol. The van der Waals surface area contributed by atoms with Gasteiger partial charge in [0.05, 0.1) is 24.7 Å². The van der Waals surface area contributed by atoms with Crippen LogP contribution in [-0.2, 0) is 23.8 Å². The molecule has 1 unspecified atom stereocenters. The number of allylic oxidation sites excluding steroid dienone is 3. The Bertz CT molecular complexity index is 949. The van der Waals surface area contributed by atoms with Crippen LogP contribution in [0.5, 0.6) is 0 Å². The number of hydrogen-bond donors (Lipinski definition) is 2. The summed E-state index contributed by atoms with van der Waals surface area (Å²) >= 11 is 0. The SMILES string of the molecule is CC[C@H]1OC(=O)CC(O)[C@H](C)[C@@H](O[C@@H]2O[C@H](C)C[C@H](N(C)C)[C@H]2O)[C@@H](CCN(CC)CC)C[C@@H](C)C(=O)/C=C/C(C)=C/[C@@H]1C. The summed E-state index contributed by atoms with van der Waals surface area (Å²) in [7, 11) is 3.87. The van der Waals surface area contributed by atoms with Gasteiger partial charge in [0, 0.05) is 23.8 Å². The highest BCUT2D eigenvalue weighted by molar-refractivity contribution is 5.91. The van der Waals surface area contributed by atoms with Crippen molar-refractivity contribution in [1.29, 1.82) is 0 Å². The lowest BCUT2D eigenvalue weighted by atomic mass is 9.79. The molecule has 0 aromatic heterocycles. The van der Waals surface area contributed by atoms with Gasteiger partial charge < -0.3 is 34.2 Å². The van der Waals surface area contributed by atoms with Crippen LogP contribution in [0.25, 0.3) is 0 Å². The van der Waals surface area contributed by atoms with E-state index in [2.05, 4.69) is 18.7 Å². The Kier molecular flexibility index (Phi) is 16.2. The van der Waals surface area contributed by atoms with Crippen LogP contribution in [0.1, 0.15) is 87.5 Å². The van der Waals surface area contributed by atoms with Crippen LogP contribution >= 0.6 is 0 Å². The van der Waals surface area contributed by atoms with Gasteiger partial charge in [-0.15, -0.1) is 0 Å². The van der Waals surface area contributed by atoms with Gasteiger partial charge in [-0.25, -0.2) is 0 Å². The molecule has 0 aromatic carbocycles. The maximum Gasteiger partial charge on any atom is 0.308 e. The van der Waals surface area contributed by atoms with E-state index in [1.165, 1.54) is 0 Å². The van der Waals surface area contributed by atoms with Crippen molar-refractivity contribution in [3.63, 3.8) is 0 Å². The van der Waals surface area contributed by atoms with E-state index in [-0.39, 0.29) is 48.2 Å². The van der Waals surface area contributed by atoms with Crippen molar-refractivity contribution in [2.75, 3.05) is 33.7 Å².